The van der Waals surface area contributed by atoms with E-state index in [0.717, 1.165) is 25.9 Å². The van der Waals surface area contributed by atoms with Crippen LogP contribution in [0, 0.1) is 0 Å². The van der Waals surface area contributed by atoms with Crippen LogP contribution in [0.3, 0.4) is 0 Å². The maximum Gasteiger partial charge on any atom is 0.248 e. The Morgan fingerprint density at radius 2 is 2.26 bits per heavy atom. The zero-order valence-electron chi connectivity index (χ0n) is 10.9. The molecule has 0 radical (unpaired) electrons. The maximum atomic E-state index is 12.6. The molecule has 1 aromatic rings. The number of sulfonamides is 1. The molecule has 0 spiro atoms. The highest BCUT2D eigenvalue weighted by molar-refractivity contribution is 7.89. The topological polar surface area (TPSA) is 95.3 Å². The van der Waals surface area contributed by atoms with Crippen molar-refractivity contribution in [1.29, 1.82) is 0 Å². The van der Waals surface area contributed by atoms with Gasteiger partial charge in [-0.2, -0.15) is 9.40 Å². The summed E-state index contributed by atoms with van der Waals surface area (Å²) in [6.07, 6.45) is 3.51. The monoisotopic (exact) mass is 285 g/mol. The second-order valence-electron chi connectivity index (χ2n) is 5.36. The molecule has 8 heteroatoms. The van der Waals surface area contributed by atoms with Crippen LogP contribution in [0.1, 0.15) is 19.8 Å². The molecule has 0 aromatic carbocycles. The molecule has 2 aliphatic heterocycles. The molecule has 2 aliphatic rings. The molecule has 19 heavy (non-hydrogen) atoms. The number of nitrogen functional groups attached to an aromatic ring is 1. The number of nitrogens with two attached hydrogens (primary N) is 1. The summed E-state index contributed by atoms with van der Waals surface area (Å²) in [5, 5.41) is 6.19. The number of piperazine rings is 1. The maximum absolute atomic E-state index is 12.6. The predicted octanol–water partition coefficient (Wildman–Crippen LogP) is -0.151. The van der Waals surface area contributed by atoms with Crippen LogP contribution in [0.4, 0.5) is 5.82 Å². The predicted molar refractivity (Wildman–Crippen MR) is 70.9 cm³/mol. The van der Waals surface area contributed by atoms with Gasteiger partial charge in [0.15, 0.2) is 0 Å². The number of hydrogen-bond donors (Lipinski definition) is 2. The number of fused-ring (bicyclic) bond motifs is 1. The molecule has 0 amide bonds. The molecular formula is C11H19N5O2S. The first-order valence-corrected chi connectivity index (χ1v) is 7.99. The van der Waals surface area contributed by atoms with E-state index in [1.54, 1.807) is 4.31 Å². The molecule has 7 nitrogen and oxygen atoms in total. The number of aromatic nitrogens is 2. The van der Waals surface area contributed by atoms with Crippen molar-refractivity contribution in [3.63, 3.8) is 0 Å². The Balaban J connectivity index is 1.91. The highest BCUT2D eigenvalue weighted by Gasteiger charge is 2.41. The fourth-order valence-electron chi connectivity index (χ4n) is 3.11. The Hall–Kier alpha value is -1.12. The number of anilines is 1. The largest absolute Gasteiger partial charge is 0.383 e. The molecule has 1 aromatic heterocycles. The minimum absolute atomic E-state index is 0.0337. The molecule has 3 N–H and O–H groups in total. The highest BCUT2D eigenvalue weighted by Crippen LogP contribution is 2.29. The SMILES string of the molecule is CC1CN2CCCC2CN1S(=O)(=O)c1cn[nH]c1N. The normalized spacial score (nSPS) is 29.5. The lowest BCUT2D eigenvalue weighted by molar-refractivity contribution is 0.117. The van der Waals surface area contributed by atoms with Gasteiger partial charge in [-0.1, -0.05) is 0 Å². The van der Waals surface area contributed by atoms with Gasteiger partial charge in [0.1, 0.15) is 10.7 Å². The van der Waals surface area contributed by atoms with Crippen molar-refractivity contribution in [3.8, 4) is 0 Å². The van der Waals surface area contributed by atoms with E-state index in [-0.39, 0.29) is 16.8 Å². The van der Waals surface area contributed by atoms with Crippen molar-refractivity contribution >= 4 is 15.8 Å². The van der Waals surface area contributed by atoms with Crippen LogP contribution in [0.5, 0.6) is 0 Å². The van der Waals surface area contributed by atoms with Gasteiger partial charge in [-0.25, -0.2) is 8.42 Å². The number of nitrogens with zero attached hydrogens (tertiary/aromatic N) is 3. The van der Waals surface area contributed by atoms with Crippen molar-refractivity contribution < 1.29 is 8.42 Å². The Labute approximate surface area is 112 Å². The summed E-state index contributed by atoms with van der Waals surface area (Å²) >= 11 is 0. The van der Waals surface area contributed by atoms with E-state index in [2.05, 4.69) is 15.1 Å². The van der Waals surface area contributed by atoms with E-state index >= 15 is 0 Å². The summed E-state index contributed by atoms with van der Waals surface area (Å²) in [6, 6.07) is 0.313. The standard InChI is InChI=1S/C11H19N5O2S/c1-8-6-15-4-2-3-9(15)7-16(8)19(17,18)10-5-13-14-11(10)12/h5,8-9H,2-4,6-7H2,1H3,(H3,12,13,14). The third kappa shape index (κ3) is 2.03. The van der Waals surface area contributed by atoms with Gasteiger partial charge < -0.3 is 5.73 Å². The van der Waals surface area contributed by atoms with E-state index < -0.39 is 10.0 Å². The summed E-state index contributed by atoms with van der Waals surface area (Å²) in [7, 11) is -3.55. The van der Waals surface area contributed by atoms with E-state index in [0.29, 0.717) is 12.6 Å². The Kier molecular flexibility index (Phi) is 3.03. The zero-order valence-corrected chi connectivity index (χ0v) is 11.7. The van der Waals surface area contributed by atoms with Crippen LogP contribution < -0.4 is 5.73 Å². The summed E-state index contributed by atoms with van der Waals surface area (Å²) in [6.45, 7) is 4.37. The summed E-state index contributed by atoms with van der Waals surface area (Å²) in [5.41, 5.74) is 5.65. The lowest BCUT2D eigenvalue weighted by atomic mass is 10.1. The highest BCUT2D eigenvalue weighted by atomic mass is 32.2. The average Bonchev–Trinajstić information content (AvgIpc) is 2.95. The molecule has 0 bridgehead atoms. The number of rotatable bonds is 2. The fourth-order valence-corrected chi connectivity index (χ4v) is 4.78. The molecule has 0 aliphatic carbocycles. The van der Waals surface area contributed by atoms with Crippen LogP contribution in [0.2, 0.25) is 0 Å². The van der Waals surface area contributed by atoms with Gasteiger partial charge >= 0.3 is 0 Å². The molecule has 2 unspecified atom stereocenters. The summed E-state index contributed by atoms with van der Waals surface area (Å²) in [4.78, 5) is 2.47. The Morgan fingerprint density at radius 1 is 1.47 bits per heavy atom. The number of aromatic amines is 1. The third-order valence-electron chi connectivity index (χ3n) is 4.10. The number of nitrogens with one attached hydrogen (secondary N) is 1. The van der Waals surface area contributed by atoms with Gasteiger partial charge in [0, 0.05) is 25.2 Å². The first kappa shape index (κ1) is 12.9. The number of hydrogen-bond acceptors (Lipinski definition) is 5. The van der Waals surface area contributed by atoms with E-state index in [1.807, 2.05) is 6.92 Å². The first-order valence-electron chi connectivity index (χ1n) is 6.55. The van der Waals surface area contributed by atoms with Crippen molar-refractivity contribution in [3.05, 3.63) is 6.20 Å². The Morgan fingerprint density at radius 3 is 2.95 bits per heavy atom. The van der Waals surface area contributed by atoms with Crippen molar-refractivity contribution in [2.45, 2.75) is 36.7 Å². The van der Waals surface area contributed by atoms with E-state index in [9.17, 15) is 8.42 Å². The van der Waals surface area contributed by atoms with E-state index in [4.69, 9.17) is 5.73 Å². The molecule has 0 saturated carbocycles. The summed E-state index contributed by atoms with van der Waals surface area (Å²) < 4.78 is 26.8. The molecule has 2 saturated heterocycles. The number of H-pyrrole nitrogens is 1. The van der Waals surface area contributed by atoms with Crippen LogP contribution >= 0.6 is 0 Å². The van der Waals surface area contributed by atoms with E-state index in [1.165, 1.54) is 6.20 Å². The minimum Gasteiger partial charge on any atom is -0.383 e. The van der Waals surface area contributed by atoms with Crippen LogP contribution in [-0.4, -0.2) is 59.5 Å². The van der Waals surface area contributed by atoms with Crippen molar-refractivity contribution in [2.24, 2.45) is 0 Å². The average molecular weight is 285 g/mol. The van der Waals surface area contributed by atoms with Crippen molar-refractivity contribution in [1.82, 2.24) is 19.4 Å². The second kappa shape index (κ2) is 4.46. The van der Waals surface area contributed by atoms with Crippen LogP contribution in [-0.2, 0) is 10.0 Å². The molecule has 2 atom stereocenters. The molecular weight excluding hydrogens is 266 g/mol. The molecule has 3 rings (SSSR count). The molecule has 3 heterocycles. The van der Waals surface area contributed by atoms with Gasteiger partial charge in [0.2, 0.25) is 10.0 Å². The smallest absolute Gasteiger partial charge is 0.248 e. The van der Waals surface area contributed by atoms with Gasteiger partial charge in [-0.3, -0.25) is 10.00 Å². The molecule has 106 valence electrons. The quantitative estimate of drug-likeness (QED) is 0.788. The van der Waals surface area contributed by atoms with Crippen molar-refractivity contribution in [2.75, 3.05) is 25.4 Å². The van der Waals surface area contributed by atoms with Crippen LogP contribution in [0.15, 0.2) is 11.1 Å². The fraction of sp³-hybridized carbons (Fsp3) is 0.727. The second-order valence-corrected chi connectivity index (χ2v) is 7.22. The first-order chi connectivity index (χ1) is 9.00. The van der Waals surface area contributed by atoms with Gasteiger partial charge in [0.25, 0.3) is 0 Å². The lowest BCUT2D eigenvalue weighted by Gasteiger charge is -2.41. The zero-order chi connectivity index (χ0) is 13.6. The Bertz CT molecular complexity index is 569. The van der Waals surface area contributed by atoms with Crippen LogP contribution in [0.25, 0.3) is 0 Å². The summed E-state index contributed by atoms with van der Waals surface area (Å²) in [5.74, 6) is 0.112. The lowest BCUT2D eigenvalue weighted by Crippen LogP contribution is -2.56. The molecule has 2 fully saturated rings. The van der Waals surface area contributed by atoms with Gasteiger partial charge in [-0.15, -0.1) is 0 Å². The van der Waals surface area contributed by atoms with Gasteiger partial charge in [0.05, 0.1) is 6.20 Å². The van der Waals surface area contributed by atoms with Gasteiger partial charge in [-0.05, 0) is 26.3 Å². The minimum atomic E-state index is -3.55. The third-order valence-corrected chi connectivity index (χ3v) is 6.11.